The summed E-state index contributed by atoms with van der Waals surface area (Å²) in [6.45, 7) is 3.40. The van der Waals surface area contributed by atoms with Crippen LogP contribution in [0, 0.1) is 6.92 Å². The molecule has 2 aromatic carbocycles. The third-order valence-corrected chi connectivity index (χ3v) is 4.25. The summed E-state index contributed by atoms with van der Waals surface area (Å²) in [6, 6.07) is 18.1. The van der Waals surface area contributed by atoms with E-state index >= 15 is 0 Å². The zero-order chi connectivity index (χ0) is 18.6. The predicted molar refractivity (Wildman–Crippen MR) is 103 cm³/mol. The highest BCUT2D eigenvalue weighted by Gasteiger charge is 2.11. The topological polar surface area (TPSA) is 60.0 Å². The smallest absolute Gasteiger partial charge is 0.247 e. The van der Waals surface area contributed by atoms with Crippen molar-refractivity contribution in [3.8, 4) is 17.1 Å². The second-order valence-corrected chi connectivity index (χ2v) is 6.67. The maximum absolute atomic E-state index is 5.78. The molecule has 0 aliphatic heterocycles. The molecule has 0 aliphatic rings. The molecular weight excluding hydrogens is 338 g/mol. The third kappa shape index (κ3) is 4.12. The van der Waals surface area contributed by atoms with Gasteiger partial charge in [-0.2, -0.15) is 5.10 Å². The van der Waals surface area contributed by atoms with Crippen LogP contribution in [0.15, 0.2) is 71.4 Å². The van der Waals surface area contributed by atoms with Crippen molar-refractivity contribution in [2.24, 2.45) is 0 Å². The molecule has 0 atom stereocenters. The minimum Gasteiger partial charge on any atom is -0.419 e. The second kappa shape index (κ2) is 7.55. The van der Waals surface area contributed by atoms with Crippen LogP contribution >= 0.6 is 0 Å². The largest absolute Gasteiger partial charge is 0.419 e. The van der Waals surface area contributed by atoms with Gasteiger partial charge in [0.2, 0.25) is 11.8 Å². The van der Waals surface area contributed by atoms with E-state index in [2.05, 4.69) is 51.5 Å². The van der Waals surface area contributed by atoms with Crippen LogP contribution in [0.25, 0.3) is 17.1 Å². The molecule has 6 heteroatoms. The lowest BCUT2D eigenvalue weighted by molar-refractivity contribution is 0.283. The molecule has 0 spiro atoms. The third-order valence-electron chi connectivity index (χ3n) is 4.25. The first kappa shape index (κ1) is 17.2. The molecule has 4 rings (SSSR count). The van der Waals surface area contributed by atoms with E-state index in [0.717, 1.165) is 23.4 Å². The average molecular weight is 359 g/mol. The Hall–Kier alpha value is -3.25. The van der Waals surface area contributed by atoms with Crippen LogP contribution in [-0.4, -0.2) is 31.9 Å². The highest BCUT2D eigenvalue weighted by molar-refractivity contribution is 5.51. The minimum absolute atomic E-state index is 0.547. The van der Waals surface area contributed by atoms with Gasteiger partial charge < -0.3 is 4.42 Å². The zero-order valence-electron chi connectivity index (χ0n) is 15.4. The van der Waals surface area contributed by atoms with E-state index in [0.29, 0.717) is 18.3 Å². The summed E-state index contributed by atoms with van der Waals surface area (Å²) in [5.74, 6) is 1.15. The monoisotopic (exact) mass is 359 g/mol. The lowest BCUT2D eigenvalue weighted by atomic mass is 10.2. The zero-order valence-corrected chi connectivity index (χ0v) is 15.4. The van der Waals surface area contributed by atoms with Crippen molar-refractivity contribution in [2.75, 3.05) is 7.05 Å². The first-order chi connectivity index (χ1) is 13.2. The normalized spacial score (nSPS) is 11.2. The van der Waals surface area contributed by atoms with Gasteiger partial charge >= 0.3 is 0 Å². The second-order valence-electron chi connectivity index (χ2n) is 6.67. The minimum atomic E-state index is 0.547. The first-order valence-corrected chi connectivity index (χ1v) is 8.84. The van der Waals surface area contributed by atoms with Crippen LogP contribution in [0.5, 0.6) is 0 Å². The highest BCUT2D eigenvalue weighted by Crippen LogP contribution is 2.18. The predicted octanol–water partition coefficient (Wildman–Crippen LogP) is 3.86. The van der Waals surface area contributed by atoms with Gasteiger partial charge in [0.25, 0.3) is 0 Å². The lowest BCUT2D eigenvalue weighted by Crippen LogP contribution is -2.17. The first-order valence-electron chi connectivity index (χ1n) is 8.84. The van der Waals surface area contributed by atoms with Crippen LogP contribution in [-0.2, 0) is 13.1 Å². The Bertz CT molecular complexity index is 1020. The van der Waals surface area contributed by atoms with Crippen molar-refractivity contribution in [2.45, 2.75) is 20.0 Å². The molecule has 0 amide bonds. The van der Waals surface area contributed by atoms with Gasteiger partial charge in [-0.1, -0.05) is 30.3 Å². The fourth-order valence-corrected chi connectivity index (χ4v) is 2.97. The molecule has 4 aromatic rings. The number of rotatable bonds is 6. The molecule has 0 N–H and O–H groups in total. The summed E-state index contributed by atoms with van der Waals surface area (Å²) in [7, 11) is 2.02. The van der Waals surface area contributed by atoms with E-state index in [-0.39, 0.29) is 0 Å². The maximum atomic E-state index is 5.78. The number of benzene rings is 2. The van der Waals surface area contributed by atoms with Gasteiger partial charge in [0.1, 0.15) is 0 Å². The molecular formula is C21H21N5O. The van der Waals surface area contributed by atoms with Crippen molar-refractivity contribution in [3.05, 3.63) is 84.0 Å². The molecule has 0 unspecified atom stereocenters. The molecule has 2 aromatic heterocycles. The molecule has 2 heterocycles. The van der Waals surface area contributed by atoms with Crippen molar-refractivity contribution in [1.29, 1.82) is 0 Å². The van der Waals surface area contributed by atoms with Crippen LogP contribution < -0.4 is 0 Å². The van der Waals surface area contributed by atoms with Crippen LogP contribution in [0.2, 0.25) is 0 Å². The standard InChI is InChI=1S/C21H21N5O/c1-16-7-6-10-19(11-16)26-14-17(12-22-26)13-25(2)15-20-23-24-21(27-20)18-8-4-3-5-9-18/h3-12,14H,13,15H2,1-2H3. The fraction of sp³-hybridized carbons (Fsp3) is 0.190. The Labute approximate surface area is 158 Å². The van der Waals surface area contributed by atoms with Gasteiger partial charge in [-0.25, -0.2) is 4.68 Å². The molecule has 0 saturated heterocycles. The summed E-state index contributed by atoms with van der Waals surface area (Å²) in [5, 5.41) is 12.8. The summed E-state index contributed by atoms with van der Waals surface area (Å²) >= 11 is 0. The SMILES string of the molecule is Cc1cccc(-n2cc(CN(C)Cc3nnc(-c4ccccc4)o3)cn2)c1. The highest BCUT2D eigenvalue weighted by atomic mass is 16.4. The van der Waals surface area contributed by atoms with Gasteiger partial charge in [-0.3, -0.25) is 4.90 Å². The summed E-state index contributed by atoms with van der Waals surface area (Å²) < 4.78 is 7.68. The Kier molecular flexibility index (Phi) is 4.80. The molecule has 6 nitrogen and oxygen atoms in total. The van der Waals surface area contributed by atoms with E-state index in [9.17, 15) is 0 Å². The van der Waals surface area contributed by atoms with E-state index in [1.165, 1.54) is 5.56 Å². The summed E-state index contributed by atoms with van der Waals surface area (Å²) in [5.41, 5.74) is 4.33. The molecule has 0 aliphatic carbocycles. The van der Waals surface area contributed by atoms with Crippen LogP contribution in [0.4, 0.5) is 0 Å². The van der Waals surface area contributed by atoms with E-state index < -0.39 is 0 Å². The molecule has 0 radical (unpaired) electrons. The van der Waals surface area contributed by atoms with Gasteiger partial charge in [-0.15, -0.1) is 10.2 Å². The van der Waals surface area contributed by atoms with E-state index in [4.69, 9.17) is 4.42 Å². The Morgan fingerprint density at radius 3 is 2.67 bits per heavy atom. The molecule has 0 bridgehead atoms. The molecule has 0 saturated carbocycles. The van der Waals surface area contributed by atoms with Gasteiger partial charge in [0.05, 0.1) is 18.4 Å². The van der Waals surface area contributed by atoms with Crippen molar-refractivity contribution in [1.82, 2.24) is 24.9 Å². The van der Waals surface area contributed by atoms with Crippen LogP contribution in [0.3, 0.4) is 0 Å². The lowest BCUT2D eigenvalue weighted by Gasteiger charge is -2.12. The van der Waals surface area contributed by atoms with E-state index in [1.807, 2.05) is 54.3 Å². The number of aryl methyl sites for hydroxylation is 1. The quantitative estimate of drug-likeness (QED) is 0.523. The van der Waals surface area contributed by atoms with Crippen molar-refractivity contribution < 1.29 is 4.42 Å². The van der Waals surface area contributed by atoms with Crippen molar-refractivity contribution >= 4 is 0 Å². The number of aromatic nitrogens is 4. The summed E-state index contributed by atoms with van der Waals surface area (Å²) in [6.07, 6.45) is 3.94. The van der Waals surface area contributed by atoms with Gasteiger partial charge in [0.15, 0.2) is 0 Å². The van der Waals surface area contributed by atoms with Crippen LogP contribution in [0.1, 0.15) is 17.0 Å². The number of nitrogens with zero attached hydrogens (tertiary/aromatic N) is 5. The Morgan fingerprint density at radius 1 is 1.00 bits per heavy atom. The van der Waals surface area contributed by atoms with Crippen molar-refractivity contribution in [3.63, 3.8) is 0 Å². The maximum Gasteiger partial charge on any atom is 0.247 e. The van der Waals surface area contributed by atoms with E-state index in [1.54, 1.807) is 0 Å². The number of hydrogen-bond acceptors (Lipinski definition) is 5. The average Bonchev–Trinajstić information content (AvgIpc) is 3.32. The molecule has 136 valence electrons. The summed E-state index contributed by atoms with van der Waals surface area (Å²) in [4.78, 5) is 2.12. The molecule has 0 fully saturated rings. The Balaban J connectivity index is 1.40. The molecule has 27 heavy (non-hydrogen) atoms. The fourth-order valence-electron chi connectivity index (χ4n) is 2.97. The van der Waals surface area contributed by atoms with Gasteiger partial charge in [-0.05, 0) is 43.8 Å². The van der Waals surface area contributed by atoms with Gasteiger partial charge in [0, 0.05) is 23.9 Å². The Morgan fingerprint density at radius 2 is 1.85 bits per heavy atom. The number of hydrogen-bond donors (Lipinski definition) is 0.